The minimum absolute atomic E-state index is 0.109. The molecule has 2 rings (SSSR count). The highest BCUT2D eigenvalue weighted by Gasteiger charge is 2.18. The monoisotopic (exact) mass is 316 g/mol. The first kappa shape index (κ1) is 17.0. The van der Waals surface area contributed by atoms with Crippen molar-refractivity contribution in [1.29, 1.82) is 0 Å². The van der Waals surface area contributed by atoms with Crippen molar-refractivity contribution in [3.8, 4) is 5.69 Å². The highest BCUT2D eigenvalue weighted by Crippen LogP contribution is 2.20. The summed E-state index contributed by atoms with van der Waals surface area (Å²) in [4.78, 5) is 12.1. The topological polar surface area (TPSA) is 79.2 Å². The van der Waals surface area contributed by atoms with E-state index in [9.17, 15) is 4.79 Å². The van der Waals surface area contributed by atoms with Gasteiger partial charge in [0.15, 0.2) is 0 Å². The molecule has 0 bridgehead atoms. The molecule has 1 heterocycles. The molecule has 0 unspecified atom stereocenters. The second-order valence-corrected chi connectivity index (χ2v) is 6.36. The van der Waals surface area contributed by atoms with E-state index in [0.717, 1.165) is 11.4 Å². The first-order chi connectivity index (χ1) is 10.9. The van der Waals surface area contributed by atoms with Gasteiger partial charge in [-0.1, -0.05) is 26.0 Å². The molecule has 124 valence electrons. The maximum atomic E-state index is 12.1. The van der Waals surface area contributed by atoms with Gasteiger partial charge in [-0.25, -0.2) is 9.48 Å². The summed E-state index contributed by atoms with van der Waals surface area (Å²) in [6.07, 6.45) is 2.49. The highest BCUT2D eigenvalue weighted by molar-refractivity contribution is 5.91. The van der Waals surface area contributed by atoms with Crippen LogP contribution in [-0.4, -0.2) is 34.1 Å². The van der Waals surface area contributed by atoms with E-state index in [1.807, 2.05) is 57.3 Å². The molecule has 0 radical (unpaired) electrons. The van der Waals surface area contributed by atoms with Gasteiger partial charge in [-0.3, -0.25) is 0 Å². The number of nitrogens with one attached hydrogen (secondary N) is 2. The number of carbonyl (C=O) groups excluding carboxylic acids is 1. The lowest BCUT2D eigenvalue weighted by atomic mass is 9.90. The number of para-hydroxylation sites is 2. The van der Waals surface area contributed by atoms with Gasteiger partial charge in [0.2, 0.25) is 0 Å². The molecule has 0 aliphatic rings. The van der Waals surface area contributed by atoms with Gasteiger partial charge in [0.25, 0.3) is 0 Å². The van der Waals surface area contributed by atoms with Gasteiger partial charge in [0, 0.05) is 19.3 Å². The van der Waals surface area contributed by atoms with Crippen molar-refractivity contribution >= 4 is 11.7 Å². The predicted molar refractivity (Wildman–Crippen MR) is 90.8 cm³/mol. The molecular weight excluding hydrogens is 292 g/mol. The van der Waals surface area contributed by atoms with Crippen LogP contribution in [0.3, 0.4) is 0 Å². The average molecular weight is 316 g/mol. The Labute approximate surface area is 136 Å². The molecule has 6 nitrogen and oxygen atoms in total. The molecule has 2 aromatic rings. The third-order valence-electron chi connectivity index (χ3n) is 3.64. The fourth-order valence-corrected chi connectivity index (χ4v) is 2.21. The molecule has 6 heteroatoms. The summed E-state index contributed by atoms with van der Waals surface area (Å²) in [6.45, 7) is 6.52. The van der Waals surface area contributed by atoms with E-state index in [4.69, 9.17) is 5.11 Å². The van der Waals surface area contributed by atoms with Crippen LogP contribution in [0.5, 0.6) is 0 Å². The normalized spacial score (nSPS) is 11.3. The summed E-state index contributed by atoms with van der Waals surface area (Å²) in [5.74, 6) is 0. The number of aliphatic hydroxyl groups excluding tert-OH is 1. The van der Waals surface area contributed by atoms with E-state index in [1.165, 1.54) is 0 Å². The molecule has 1 aromatic heterocycles. The second-order valence-electron chi connectivity index (χ2n) is 6.36. The summed E-state index contributed by atoms with van der Waals surface area (Å²) >= 11 is 0. The first-order valence-corrected chi connectivity index (χ1v) is 7.69. The number of hydrogen-bond acceptors (Lipinski definition) is 3. The van der Waals surface area contributed by atoms with Crippen LogP contribution in [0.15, 0.2) is 36.5 Å². The van der Waals surface area contributed by atoms with E-state index in [0.29, 0.717) is 18.7 Å². The quantitative estimate of drug-likeness (QED) is 0.766. The fraction of sp³-hybridized carbons (Fsp3) is 0.412. The van der Waals surface area contributed by atoms with E-state index < -0.39 is 0 Å². The van der Waals surface area contributed by atoms with Crippen LogP contribution < -0.4 is 10.6 Å². The number of urea groups is 1. The van der Waals surface area contributed by atoms with E-state index in [-0.39, 0.29) is 18.1 Å². The lowest BCUT2D eigenvalue weighted by molar-refractivity contribution is 0.204. The number of nitrogens with zero attached hydrogens (tertiary/aromatic N) is 2. The minimum Gasteiger partial charge on any atom is -0.396 e. The van der Waals surface area contributed by atoms with Gasteiger partial charge in [0.1, 0.15) is 0 Å². The Balaban J connectivity index is 2.04. The molecule has 0 saturated heterocycles. The van der Waals surface area contributed by atoms with E-state index in [2.05, 4.69) is 15.7 Å². The molecule has 0 aliphatic heterocycles. The zero-order chi connectivity index (χ0) is 16.9. The van der Waals surface area contributed by atoms with Crippen LogP contribution in [-0.2, 0) is 0 Å². The third-order valence-corrected chi connectivity index (χ3v) is 3.64. The van der Waals surface area contributed by atoms with Crippen molar-refractivity contribution in [2.45, 2.75) is 27.2 Å². The molecule has 23 heavy (non-hydrogen) atoms. The molecule has 1 aromatic carbocycles. The molecule has 2 amide bonds. The maximum Gasteiger partial charge on any atom is 0.319 e. The number of aryl methyl sites for hydroxylation is 1. The fourth-order valence-electron chi connectivity index (χ4n) is 2.21. The van der Waals surface area contributed by atoms with E-state index in [1.54, 1.807) is 4.68 Å². The minimum atomic E-state index is -0.271. The van der Waals surface area contributed by atoms with Crippen molar-refractivity contribution in [2.75, 3.05) is 18.5 Å². The number of rotatable bonds is 6. The Morgan fingerprint density at radius 3 is 2.70 bits per heavy atom. The molecule has 0 spiro atoms. The van der Waals surface area contributed by atoms with Crippen molar-refractivity contribution < 1.29 is 9.90 Å². The lowest BCUT2D eigenvalue weighted by Crippen LogP contribution is -2.37. The van der Waals surface area contributed by atoms with Crippen LogP contribution in [0.2, 0.25) is 0 Å². The summed E-state index contributed by atoms with van der Waals surface area (Å²) in [5.41, 5.74) is 2.26. The largest absolute Gasteiger partial charge is 0.396 e. The zero-order valence-corrected chi connectivity index (χ0v) is 13.8. The Morgan fingerprint density at radius 2 is 2.04 bits per heavy atom. The van der Waals surface area contributed by atoms with Gasteiger partial charge in [-0.2, -0.15) is 5.10 Å². The van der Waals surface area contributed by atoms with Crippen molar-refractivity contribution in [1.82, 2.24) is 15.1 Å². The Morgan fingerprint density at radius 1 is 1.30 bits per heavy atom. The number of aliphatic hydroxyl groups is 1. The predicted octanol–water partition coefficient (Wildman–Crippen LogP) is 2.71. The number of benzene rings is 1. The van der Waals surface area contributed by atoms with Gasteiger partial charge in [0.05, 0.1) is 17.1 Å². The molecule has 3 N–H and O–H groups in total. The number of hydrogen-bond donors (Lipinski definition) is 3. The molecule has 0 aliphatic carbocycles. The lowest BCUT2D eigenvalue weighted by Gasteiger charge is -2.24. The van der Waals surface area contributed by atoms with Crippen molar-refractivity contribution in [3.63, 3.8) is 0 Å². The van der Waals surface area contributed by atoms with Gasteiger partial charge >= 0.3 is 6.03 Å². The van der Waals surface area contributed by atoms with Gasteiger partial charge in [-0.15, -0.1) is 0 Å². The van der Waals surface area contributed by atoms with Crippen molar-refractivity contribution in [3.05, 3.63) is 42.2 Å². The Bertz CT molecular complexity index is 664. The number of amides is 2. The highest BCUT2D eigenvalue weighted by atomic mass is 16.3. The summed E-state index contributed by atoms with van der Waals surface area (Å²) < 4.78 is 1.74. The van der Waals surface area contributed by atoms with Crippen LogP contribution in [0.1, 0.15) is 26.0 Å². The van der Waals surface area contributed by atoms with Crippen LogP contribution >= 0.6 is 0 Å². The van der Waals surface area contributed by atoms with E-state index >= 15 is 0 Å². The summed E-state index contributed by atoms with van der Waals surface area (Å²) in [5, 5.41) is 19.1. The molecule has 0 fully saturated rings. The number of carbonyl (C=O) groups is 1. The van der Waals surface area contributed by atoms with Gasteiger partial charge in [-0.05, 0) is 37.0 Å². The van der Waals surface area contributed by atoms with Crippen molar-refractivity contribution in [2.24, 2.45) is 5.41 Å². The van der Waals surface area contributed by atoms with Gasteiger partial charge < -0.3 is 15.7 Å². The Kier molecular flexibility index (Phi) is 5.39. The molecule has 0 atom stereocenters. The number of aromatic nitrogens is 2. The smallest absolute Gasteiger partial charge is 0.319 e. The van der Waals surface area contributed by atoms with Crippen LogP contribution in [0, 0.1) is 12.3 Å². The third kappa shape index (κ3) is 4.82. The second kappa shape index (κ2) is 7.28. The molecule has 0 saturated carbocycles. The van der Waals surface area contributed by atoms with Crippen LogP contribution in [0.25, 0.3) is 5.69 Å². The van der Waals surface area contributed by atoms with Crippen LogP contribution in [0.4, 0.5) is 10.5 Å². The number of anilines is 1. The first-order valence-electron chi connectivity index (χ1n) is 7.69. The maximum absolute atomic E-state index is 12.1. The zero-order valence-electron chi connectivity index (χ0n) is 13.8. The Hall–Kier alpha value is -2.34. The SMILES string of the molecule is Cc1ccn(-c2ccccc2NC(=O)NCC(C)(C)CCO)n1. The molecular formula is C17H24N4O2. The summed E-state index contributed by atoms with van der Waals surface area (Å²) in [6, 6.07) is 9.15. The standard InChI is InChI=1S/C17H24N4O2/c1-13-8-10-21(20-13)15-7-5-4-6-14(15)19-16(23)18-12-17(2,3)9-11-22/h4-8,10,22H,9,11-12H2,1-3H3,(H2,18,19,23). The summed E-state index contributed by atoms with van der Waals surface area (Å²) in [7, 11) is 0. The average Bonchev–Trinajstić information content (AvgIpc) is 2.92.